The molecule has 2 heteroatoms. The van der Waals surface area contributed by atoms with Crippen LogP contribution in [0.1, 0.15) is 34.5 Å². The predicted octanol–water partition coefficient (Wildman–Crippen LogP) is 4.74. The second-order valence-electron chi connectivity index (χ2n) is 5.38. The fourth-order valence-electron chi connectivity index (χ4n) is 2.46. The number of carbonyl (C=O) groups is 1. The Labute approximate surface area is 135 Å². The van der Waals surface area contributed by atoms with E-state index in [1.165, 1.54) is 5.39 Å². The molecule has 0 amide bonds. The van der Waals surface area contributed by atoms with Gasteiger partial charge in [-0.15, -0.1) is 6.42 Å². The Morgan fingerprint density at radius 2 is 1.70 bits per heavy atom. The molecule has 0 radical (unpaired) electrons. The van der Waals surface area contributed by atoms with E-state index in [1.807, 2.05) is 37.3 Å². The lowest BCUT2D eigenvalue weighted by Gasteiger charge is -2.14. The maximum absolute atomic E-state index is 12.2. The summed E-state index contributed by atoms with van der Waals surface area (Å²) in [6.07, 6.45) is 4.99. The van der Waals surface area contributed by atoms with Crippen molar-refractivity contribution in [2.45, 2.75) is 13.0 Å². The summed E-state index contributed by atoms with van der Waals surface area (Å²) in [5.74, 6) is 2.17. The predicted molar refractivity (Wildman–Crippen MR) is 92.2 cm³/mol. The average molecular weight is 300 g/mol. The molecule has 3 aromatic carbocycles. The van der Waals surface area contributed by atoms with Crippen LogP contribution in [0.2, 0.25) is 0 Å². The van der Waals surface area contributed by atoms with Crippen LogP contribution in [0.4, 0.5) is 0 Å². The van der Waals surface area contributed by atoms with Crippen LogP contribution < -0.4 is 0 Å². The van der Waals surface area contributed by atoms with E-state index in [0.29, 0.717) is 5.56 Å². The molecule has 0 aliphatic heterocycles. The maximum Gasteiger partial charge on any atom is 0.338 e. The standard InChI is InChI=1S/C21H16O2/c1-3-16-8-10-18(11-9-16)21(22)23-15(2)19-13-12-17-6-4-5-7-20(17)14-19/h1,4-15H,2H3/t15-/m1/s1. The minimum absolute atomic E-state index is 0.320. The largest absolute Gasteiger partial charge is 0.454 e. The van der Waals surface area contributed by atoms with Crippen LogP contribution in [0.25, 0.3) is 10.8 Å². The fourth-order valence-corrected chi connectivity index (χ4v) is 2.46. The first kappa shape index (κ1) is 14.9. The summed E-state index contributed by atoms with van der Waals surface area (Å²) in [5, 5.41) is 2.30. The van der Waals surface area contributed by atoms with E-state index in [2.05, 4.69) is 18.1 Å². The van der Waals surface area contributed by atoms with E-state index in [1.54, 1.807) is 24.3 Å². The summed E-state index contributed by atoms with van der Waals surface area (Å²) < 4.78 is 5.55. The molecule has 0 aliphatic rings. The third-order valence-electron chi connectivity index (χ3n) is 3.81. The van der Waals surface area contributed by atoms with Gasteiger partial charge < -0.3 is 4.74 Å². The molecular formula is C21H16O2. The van der Waals surface area contributed by atoms with Gasteiger partial charge >= 0.3 is 5.97 Å². The van der Waals surface area contributed by atoms with Crippen molar-refractivity contribution < 1.29 is 9.53 Å². The zero-order chi connectivity index (χ0) is 16.2. The van der Waals surface area contributed by atoms with Crippen LogP contribution in [0.3, 0.4) is 0 Å². The highest BCUT2D eigenvalue weighted by Gasteiger charge is 2.14. The van der Waals surface area contributed by atoms with E-state index in [0.717, 1.165) is 16.5 Å². The second-order valence-corrected chi connectivity index (χ2v) is 5.38. The molecule has 0 fully saturated rings. The third-order valence-corrected chi connectivity index (χ3v) is 3.81. The number of benzene rings is 3. The SMILES string of the molecule is C#Cc1ccc(C(=O)O[C@H](C)c2ccc3ccccc3c2)cc1. The highest BCUT2D eigenvalue weighted by molar-refractivity contribution is 5.90. The smallest absolute Gasteiger partial charge is 0.338 e. The zero-order valence-electron chi connectivity index (χ0n) is 12.8. The van der Waals surface area contributed by atoms with Crippen LogP contribution in [-0.4, -0.2) is 5.97 Å². The normalized spacial score (nSPS) is 11.7. The van der Waals surface area contributed by atoms with Crippen molar-refractivity contribution in [1.29, 1.82) is 0 Å². The number of hydrogen-bond donors (Lipinski definition) is 0. The van der Waals surface area contributed by atoms with Gasteiger partial charge in [-0.25, -0.2) is 4.79 Å². The van der Waals surface area contributed by atoms with Crippen molar-refractivity contribution >= 4 is 16.7 Å². The highest BCUT2D eigenvalue weighted by Crippen LogP contribution is 2.23. The van der Waals surface area contributed by atoms with E-state index in [-0.39, 0.29) is 12.1 Å². The molecule has 0 N–H and O–H groups in total. The van der Waals surface area contributed by atoms with Crippen LogP contribution in [-0.2, 0) is 4.74 Å². The van der Waals surface area contributed by atoms with E-state index >= 15 is 0 Å². The lowest BCUT2D eigenvalue weighted by atomic mass is 10.0. The Morgan fingerprint density at radius 3 is 2.39 bits per heavy atom. The number of carbonyl (C=O) groups excluding carboxylic acids is 1. The molecular weight excluding hydrogens is 284 g/mol. The Hall–Kier alpha value is -3.05. The van der Waals surface area contributed by atoms with Gasteiger partial charge in [0.05, 0.1) is 5.56 Å². The summed E-state index contributed by atoms with van der Waals surface area (Å²) in [5.41, 5.74) is 2.21. The number of esters is 1. The summed E-state index contributed by atoms with van der Waals surface area (Å²) in [6.45, 7) is 1.87. The molecule has 3 aromatic rings. The van der Waals surface area contributed by atoms with Crippen LogP contribution >= 0.6 is 0 Å². The van der Waals surface area contributed by atoms with Gasteiger partial charge in [0.25, 0.3) is 0 Å². The van der Waals surface area contributed by atoms with Gasteiger partial charge in [0.15, 0.2) is 0 Å². The Morgan fingerprint density at radius 1 is 1.00 bits per heavy atom. The first-order valence-corrected chi connectivity index (χ1v) is 7.44. The molecule has 0 aromatic heterocycles. The number of fused-ring (bicyclic) bond motifs is 1. The molecule has 0 aliphatic carbocycles. The molecule has 0 saturated heterocycles. The second kappa shape index (κ2) is 6.37. The molecule has 0 bridgehead atoms. The summed E-state index contributed by atoms with van der Waals surface area (Å²) in [7, 11) is 0. The molecule has 0 spiro atoms. The van der Waals surface area contributed by atoms with E-state index in [4.69, 9.17) is 11.2 Å². The van der Waals surface area contributed by atoms with Crippen molar-refractivity contribution in [2.24, 2.45) is 0 Å². The monoisotopic (exact) mass is 300 g/mol. The lowest BCUT2D eigenvalue weighted by Crippen LogP contribution is -2.09. The number of hydrogen-bond acceptors (Lipinski definition) is 2. The molecule has 0 unspecified atom stereocenters. The first-order chi connectivity index (χ1) is 11.2. The Bertz CT molecular complexity index is 886. The van der Waals surface area contributed by atoms with Gasteiger partial charge in [-0.05, 0) is 53.6 Å². The van der Waals surface area contributed by atoms with Crippen LogP contribution in [0.5, 0.6) is 0 Å². The number of ether oxygens (including phenoxy) is 1. The maximum atomic E-state index is 12.2. The van der Waals surface area contributed by atoms with Crippen molar-refractivity contribution in [3.8, 4) is 12.3 Å². The van der Waals surface area contributed by atoms with Crippen LogP contribution in [0, 0.1) is 12.3 Å². The Kier molecular flexibility index (Phi) is 4.12. The van der Waals surface area contributed by atoms with Crippen LogP contribution in [0.15, 0.2) is 66.7 Å². The van der Waals surface area contributed by atoms with Gasteiger partial charge in [0.1, 0.15) is 6.10 Å². The van der Waals surface area contributed by atoms with Gasteiger partial charge in [-0.2, -0.15) is 0 Å². The molecule has 0 heterocycles. The minimum Gasteiger partial charge on any atom is -0.454 e. The van der Waals surface area contributed by atoms with E-state index < -0.39 is 0 Å². The van der Waals surface area contributed by atoms with Gasteiger partial charge in [-0.3, -0.25) is 0 Å². The van der Waals surface area contributed by atoms with E-state index in [9.17, 15) is 4.79 Å². The van der Waals surface area contributed by atoms with Crippen molar-refractivity contribution in [3.05, 3.63) is 83.4 Å². The highest BCUT2D eigenvalue weighted by atomic mass is 16.5. The summed E-state index contributed by atoms with van der Waals surface area (Å²) in [6, 6.07) is 21.0. The fraction of sp³-hybridized carbons (Fsp3) is 0.0952. The topological polar surface area (TPSA) is 26.3 Å². The number of rotatable bonds is 3. The quantitative estimate of drug-likeness (QED) is 0.516. The van der Waals surface area contributed by atoms with Gasteiger partial charge in [0, 0.05) is 5.56 Å². The number of terminal acetylenes is 1. The Balaban J connectivity index is 1.77. The molecule has 1 atom stereocenters. The summed E-state index contributed by atoms with van der Waals surface area (Å²) >= 11 is 0. The molecule has 3 rings (SSSR count). The molecule has 112 valence electrons. The van der Waals surface area contributed by atoms with Crippen molar-refractivity contribution in [3.63, 3.8) is 0 Å². The third kappa shape index (κ3) is 3.25. The molecule has 0 saturated carbocycles. The first-order valence-electron chi connectivity index (χ1n) is 7.44. The minimum atomic E-state index is -0.353. The van der Waals surface area contributed by atoms with Gasteiger partial charge in [-0.1, -0.05) is 42.3 Å². The molecule has 23 heavy (non-hydrogen) atoms. The van der Waals surface area contributed by atoms with Gasteiger partial charge in [0.2, 0.25) is 0 Å². The lowest BCUT2D eigenvalue weighted by molar-refractivity contribution is 0.0338. The average Bonchev–Trinajstić information content (AvgIpc) is 2.61. The van der Waals surface area contributed by atoms with Crippen molar-refractivity contribution in [1.82, 2.24) is 0 Å². The molecule has 2 nitrogen and oxygen atoms in total. The summed E-state index contributed by atoms with van der Waals surface area (Å²) in [4.78, 5) is 12.2. The zero-order valence-corrected chi connectivity index (χ0v) is 12.8. The van der Waals surface area contributed by atoms with Crippen molar-refractivity contribution in [2.75, 3.05) is 0 Å².